The Hall–Kier alpha value is -5.18. The minimum absolute atomic E-state index is 0.0321. The number of fused-ring (bicyclic) bond motifs is 1. The van der Waals surface area contributed by atoms with E-state index < -0.39 is 36.3 Å². The Morgan fingerprint density at radius 1 is 0.767 bits per heavy atom. The summed E-state index contributed by atoms with van der Waals surface area (Å²) in [6.45, 7) is 7.53. The Bertz CT molecular complexity index is 1630. The molecule has 0 unspecified atom stereocenters. The molecule has 4 aromatic rings. The molecule has 1 atom stereocenters. The van der Waals surface area contributed by atoms with Crippen LogP contribution in [0.25, 0.3) is 10.8 Å². The van der Waals surface area contributed by atoms with E-state index in [1.54, 1.807) is 31.2 Å². The van der Waals surface area contributed by atoms with Gasteiger partial charge in [0.1, 0.15) is 12.6 Å². The second kappa shape index (κ2) is 14.1. The third-order valence-corrected chi connectivity index (χ3v) is 6.78. The topological polar surface area (TPSA) is 123 Å². The van der Waals surface area contributed by atoms with Crippen LogP contribution in [0.3, 0.4) is 0 Å². The van der Waals surface area contributed by atoms with Gasteiger partial charge in [-0.25, -0.2) is 9.59 Å². The lowest BCUT2D eigenvalue weighted by molar-refractivity contribution is -0.153. The summed E-state index contributed by atoms with van der Waals surface area (Å²) in [5.41, 5.74) is 4.64. The standard InChI is InChI=1S/C34H35N3O6/c1-5-42-30(38)19-29(33(40)43-20-24-11-7-6-8-12-24)35-32(39)27-17-25-13-9-10-14-26(25)18-28(27)36-34(41)37-31-22(3)15-21(2)16-23(31)4/h6-18,29H,5,19-20H2,1-4H3,(H,35,39)(H2,36,37,41)/t29-/m0/s1. The van der Waals surface area contributed by atoms with E-state index in [1.165, 1.54) is 0 Å². The van der Waals surface area contributed by atoms with Crippen molar-refractivity contribution >= 4 is 46.0 Å². The first kappa shape index (κ1) is 30.8. The third-order valence-electron chi connectivity index (χ3n) is 6.78. The lowest BCUT2D eigenvalue weighted by atomic mass is 10.0. The largest absolute Gasteiger partial charge is 0.466 e. The van der Waals surface area contributed by atoms with Crippen molar-refractivity contribution in [3.8, 4) is 0 Å². The maximum absolute atomic E-state index is 13.7. The number of urea groups is 1. The molecular formula is C34H35N3O6. The molecule has 0 fully saturated rings. The van der Waals surface area contributed by atoms with Gasteiger partial charge in [-0.1, -0.05) is 72.3 Å². The van der Waals surface area contributed by atoms with Gasteiger partial charge in [-0.15, -0.1) is 0 Å². The number of carbonyl (C=O) groups excluding carboxylic acids is 4. The number of hydrogen-bond acceptors (Lipinski definition) is 6. The summed E-state index contributed by atoms with van der Waals surface area (Å²) in [4.78, 5) is 52.2. The molecule has 4 rings (SSSR count). The molecule has 0 aliphatic rings. The first-order chi connectivity index (χ1) is 20.6. The van der Waals surface area contributed by atoms with E-state index >= 15 is 0 Å². The van der Waals surface area contributed by atoms with Crippen LogP contribution in [0, 0.1) is 20.8 Å². The fourth-order valence-electron chi connectivity index (χ4n) is 4.82. The summed E-state index contributed by atoms with van der Waals surface area (Å²) < 4.78 is 10.5. The molecule has 0 aromatic heterocycles. The van der Waals surface area contributed by atoms with Crippen molar-refractivity contribution < 1.29 is 28.7 Å². The smallest absolute Gasteiger partial charge is 0.329 e. The highest BCUT2D eigenvalue weighted by atomic mass is 16.5. The Morgan fingerprint density at radius 3 is 2.05 bits per heavy atom. The second-order valence-corrected chi connectivity index (χ2v) is 10.2. The molecule has 0 bridgehead atoms. The maximum atomic E-state index is 13.7. The normalized spacial score (nSPS) is 11.3. The highest BCUT2D eigenvalue weighted by Crippen LogP contribution is 2.26. The van der Waals surface area contributed by atoms with Crippen molar-refractivity contribution in [3.05, 3.63) is 107 Å². The molecule has 0 saturated carbocycles. The number of rotatable bonds is 10. The number of aryl methyl sites for hydroxylation is 3. The minimum atomic E-state index is -1.32. The van der Waals surface area contributed by atoms with Gasteiger partial charge in [0, 0.05) is 5.69 Å². The first-order valence-corrected chi connectivity index (χ1v) is 14.0. The monoisotopic (exact) mass is 581 g/mol. The van der Waals surface area contributed by atoms with E-state index in [9.17, 15) is 19.2 Å². The minimum Gasteiger partial charge on any atom is -0.466 e. The van der Waals surface area contributed by atoms with Gasteiger partial charge in [0.25, 0.3) is 5.91 Å². The molecular weight excluding hydrogens is 546 g/mol. The quantitative estimate of drug-likeness (QED) is 0.192. The molecule has 43 heavy (non-hydrogen) atoms. The number of ether oxygens (including phenoxy) is 2. The van der Waals surface area contributed by atoms with Gasteiger partial charge < -0.3 is 25.4 Å². The molecule has 0 aliphatic carbocycles. The molecule has 3 N–H and O–H groups in total. The summed E-state index contributed by atoms with van der Waals surface area (Å²) in [5.74, 6) is -2.12. The highest BCUT2D eigenvalue weighted by Gasteiger charge is 2.28. The Labute approximate surface area is 250 Å². The van der Waals surface area contributed by atoms with Crippen molar-refractivity contribution in [1.82, 2.24) is 5.32 Å². The van der Waals surface area contributed by atoms with Crippen molar-refractivity contribution in [2.45, 2.75) is 46.8 Å². The highest BCUT2D eigenvalue weighted by molar-refractivity contribution is 6.10. The fraction of sp³-hybridized carbons (Fsp3) is 0.235. The van der Waals surface area contributed by atoms with Crippen LogP contribution in [0.2, 0.25) is 0 Å². The van der Waals surface area contributed by atoms with E-state index in [1.807, 2.05) is 75.4 Å². The molecule has 3 amide bonds. The summed E-state index contributed by atoms with van der Waals surface area (Å²) >= 11 is 0. The van der Waals surface area contributed by atoms with Gasteiger partial charge in [-0.3, -0.25) is 9.59 Å². The zero-order valence-corrected chi connectivity index (χ0v) is 24.7. The zero-order valence-electron chi connectivity index (χ0n) is 24.7. The molecule has 0 saturated heterocycles. The average Bonchev–Trinajstić information content (AvgIpc) is 2.97. The Kier molecular flexibility index (Phi) is 10.1. The van der Waals surface area contributed by atoms with E-state index in [0.717, 1.165) is 33.0 Å². The lowest BCUT2D eigenvalue weighted by Crippen LogP contribution is -2.43. The van der Waals surface area contributed by atoms with Crippen LogP contribution in [-0.4, -0.2) is 36.5 Å². The molecule has 0 spiro atoms. The van der Waals surface area contributed by atoms with E-state index in [-0.39, 0.29) is 24.5 Å². The van der Waals surface area contributed by atoms with Gasteiger partial charge in [0.05, 0.1) is 24.3 Å². The molecule has 9 nitrogen and oxygen atoms in total. The summed E-state index contributed by atoms with van der Waals surface area (Å²) in [5, 5.41) is 9.84. The van der Waals surface area contributed by atoms with E-state index in [2.05, 4.69) is 16.0 Å². The van der Waals surface area contributed by atoms with Crippen LogP contribution in [0.4, 0.5) is 16.2 Å². The lowest BCUT2D eigenvalue weighted by Gasteiger charge is -2.19. The van der Waals surface area contributed by atoms with Gasteiger partial charge in [0.15, 0.2) is 0 Å². The molecule has 0 radical (unpaired) electrons. The van der Waals surface area contributed by atoms with Crippen LogP contribution in [0.15, 0.2) is 78.9 Å². The van der Waals surface area contributed by atoms with Crippen LogP contribution in [0.5, 0.6) is 0 Å². The van der Waals surface area contributed by atoms with Gasteiger partial charge >= 0.3 is 18.0 Å². The number of carbonyl (C=O) groups is 4. The summed E-state index contributed by atoms with van der Waals surface area (Å²) in [7, 11) is 0. The van der Waals surface area contributed by atoms with Crippen LogP contribution >= 0.6 is 0 Å². The number of hydrogen-bond donors (Lipinski definition) is 3. The second-order valence-electron chi connectivity index (χ2n) is 10.2. The molecule has 0 aliphatic heterocycles. The first-order valence-electron chi connectivity index (χ1n) is 14.0. The fourth-order valence-corrected chi connectivity index (χ4v) is 4.82. The van der Waals surface area contributed by atoms with E-state index in [4.69, 9.17) is 9.47 Å². The molecule has 9 heteroatoms. The predicted octanol–water partition coefficient (Wildman–Crippen LogP) is 6.20. The Morgan fingerprint density at radius 2 is 1.40 bits per heavy atom. The zero-order chi connectivity index (χ0) is 30.9. The summed E-state index contributed by atoms with van der Waals surface area (Å²) in [6.07, 6.45) is -0.421. The predicted molar refractivity (Wildman–Crippen MR) is 166 cm³/mol. The van der Waals surface area contributed by atoms with Crippen molar-refractivity contribution in [3.63, 3.8) is 0 Å². The number of anilines is 2. The van der Waals surface area contributed by atoms with Crippen molar-refractivity contribution in [2.24, 2.45) is 0 Å². The Balaban J connectivity index is 1.60. The number of benzene rings is 4. The number of nitrogens with one attached hydrogen (secondary N) is 3. The van der Waals surface area contributed by atoms with E-state index in [0.29, 0.717) is 5.69 Å². The number of amides is 3. The van der Waals surface area contributed by atoms with Crippen LogP contribution in [0.1, 0.15) is 46.0 Å². The maximum Gasteiger partial charge on any atom is 0.329 e. The van der Waals surface area contributed by atoms with Crippen LogP contribution in [-0.2, 0) is 25.7 Å². The molecule has 4 aromatic carbocycles. The van der Waals surface area contributed by atoms with Crippen molar-refractivity contribution in [1.29, 1.82) is 0 Å². The SMILES string of the molecule is CCOC(=O)C[C@H](NC(=O)c1cc2ccccc2cc1NC(=O)Nc1c(C)cc(C)cc1C)C(=O)OCc1ccccc1. The third kappa shape index (κ3) is 8.19. The summed E-state index contributed by atoms with van der Waals surface area (Å²) in [6, 6.07) is 21.8. The average molecular weight is 582 g/mol. The number of esters is 2. The van der Waals surface area contributed by atoms with Crippen molar-refractivity contribution in [2.75, 3.05) is 17.2 Å². The molecule has 0 heterocycles. The van der Waals surface area contributed by atoms with Gasteiger partial charge in [0.2, 0.25) is 0 Å². The molecule has 222 valence electrons. The van der Waals surface area contributed by atoms with Crippen LogP contribution < -0.4 is 16.0 Å². The van der Waals surface area contributed by atoms with Gasteiger partial charge in [-0.2, -0.15) is 0 Å². The van der Waals surface area contributed by atoms with Gasteiger partial charge in [-0.05, 0) is 67.3 Å².